The lowest BCUT2D eigenvalue weighted by atomic mass is 9.67. The SMILES string of the molecule is CC1(c2ccccc2)c2ccccc2-c2c(N(c3ccccc3)c3ccc(-c4ccc5c(c4)C(c4ccccc4)(c4ccccc4)c4ccccc4-5)cc3)cccc21. The molecule has 9 aromatic rings. The molecule has 0 radical (unpaired) electrons. The van der Waals surface area contributed by atoms with Gasteiger partial charge >= 0.3 is 0 Å². The van der Waals surface area contributed by atoms with Crippen molar-refractivity contribution in [3.05, 3.63) is 269 Å². The summed E-state index contributed by atoms with van der Waals surface area (Å²) in [6, 6.07) is 84.9. The van der Waals surface area contributed by atoms with Crippen LogP contribution in [-0.4, -0.2) is 0 Å². The molecule has 1 nitrogen and oxygen atoms in total. The Morgan fingerprint density at radius 1 is 0.328 bits per heavy atom. The smallest absolute Gasteiger partial charge is 0.0713 e. The van der Waals surface area contributed by atoms with Crippen molar-refractivity contribution in [2.75, 3.05) is 4.90 Å². The van der Waals surface area contributed by atoms with Crippen LogP contribution >= 0.6 is 0 Å². The van der Waals surface area contributed by atoms with Crippen LogP contribution in [0, 0.1) is 0 Å². The van der Waals surface area contributed by atoms with Gasteiger partial charge in [0.05, 0.1) is 11.1 Å². The number of hydrogen-bond donors (Lipinski definition) is 0. The maximum atomic E-state index is 2.45. The standard InChI is InChI=1S/C57H41N/c1-56(42-19-6-2-7-20-42)50-29-16-15-28-49(50)55-52(56)31-18-32-54(55)58(45-25-12-5-13-26-45)46-36-33-40(34-37-46)41-35-38-48-47-27-14-17-30-51(47)57(53(48)39-41,43-21-8-3-9-22-43)44-23-10-4-11-24-44/h2-39H,1H3. The summed E-state index contributed by atoms with van der Waals surface area (Å²) in [5.41, 5.74) is 19.4. The van der Waals surface area contributed by atoms with E-state index in [2.05, 4.69) is 242 Å². The second kappa shape index (κ2) is 13.5. The molecule has 2 aliphatic rings. The van der Waals surface area contributed by atoms with E-state index in [0.717, 1.165) is 11.4 Å². The molecular weight excluding hydrogens is 699 g/mol. The molecule has 0 bridgehead atoms. The molecule has 0 aromatic heterocycles. The summed E-state index contributed by atoms with van der Waals surface area (Å²) in [6.07, 6.45) is 0. The van der Waals surface area contributed by atoms with Crippen molar-refractivity contribution >= 4 is 17.1 Å². The molecule has 0 N–H and O–H groups in total. The van der Waals surface area contributed by atoms with Crippen molar-refractivity contribution in [1.29, 1.82) is 0 Å². The Labute approximate surface area is 341 Å². The monoisotopic (exact) mass is 739 g/mol. The Kier molecular flexibility index (Phi) is 7.91. The molecule has 274 valence electrons. The van der Waals surface area contributed by atoms with Crippen LogP contribution in [0.4, 0.5) is 17.1 Å². The van der Waals surface area contributed by atoms with E-state index in [-0.39, 0.29) is 5.41 Å². The number of fused-ring (bicyclic) bond motifs is 6. The molecule has 1 heteroatoms. The van der Waals surface area contributed by atoms with E-state index < -0.39 is 5.41 Å². The minimum absolute atomic E-state index is 0.280. The van der Waals surface area contributed by atoms with Gasteiger partial charge in [-0.3, -0.25) is 0 Å². The molecule has 58 heavy (non-hydrogen) atoms. The van der Waals surface area contributed by atoms with Gasteiger partial charge in [-0.1, -0.05) is 194 Å². The highest BCUT2D eigenvalue weighted by Crippen LogP contribution is 2.58. The number of hydrogen-bond acceptors (Lipinski definition) is 1. The average molecular weight is 740 g/mol. The van der Waals surface area contributed by atoms with Crippen molar-refractivity contribution in [1.82, 2.24) is 0 Å². The van der Waals surface area contributed by atoms with Crippen molar-refractivity contribution in [3.8, 4) is 33.4 Å². The number of para-hydroxylation sites is 1. The molecule has 1 atom stereocenters. The van der Waals surface area contributed by atoms with Gasteiger partial charge < -0.3 is 4.90 Å². The van der Waals surface area contributed by atoms with Crippen molar-refractivity contribution in [2.45, 2.75) is 17.8 Å². The summed E-state index contributed by atoms with van der Waals surface area (Å²) in [6.45, 7) is 2.39. The van der Waals surface area contributed by atoms with E-state index in [1.807, 2.05) is 0 Å². The van der Waals surface area contributed by atoms with Gasteiger partial charge in [-0.25, -0.2) is 0 Å². The van der Waals surface area contributed by atoms with E-state index >= 15 is 0 Å². The molecular formula is C57H41N. The van der Waals surface area contributed by atoms with Crippen LogP contribution < -0.4 is 4.90 Å². The van der Waals surface area contributed by atoms with E-state index in [9.17, 15) is 0 Å². The quantitative estimate of drug-likeness (QED) is 0.157. The van der Waals surface area contributed by atoms with Gasteiger partial charge in [0.25, 0.3) is 0 Å². The first kappa shape index (κ1) is 34.1. The zero-order valence-corrected chi connectivity index (χ0v) is 32.4. The molecule has 0 spiro atoms. The highest BCUT2D eigenvalue weighted by molar-refractivity contribution is 5.96. The van der Waals surface area contributed by atoms with Gasteiger partial charge in [-0.2, -0.15) is 0 Å². The zero-order valence-electron chi connectivity index (χ0n) is 32.4. The first-order valence-electron chi connectivity index (χ1n) is 20.3. The van der Waals surface area contributed by atoms with Crippen LogP contribution in [0.2, 0.25) is 0 Å². The Morgan fingerprint density at radius 2 is 0.810 bits per heavy atom. The topological polar surface area (TPSA) is 3.24 Å². The molecule has 0 saturated heterocycles. The van der Waals surface area contributed by atoms with Gasteiger partial charge in [0.1, 0.15) is 0 Å². The lowest BCUT2D eigenvalue weighted by Crippen LogP contribution is -2.28. The van der Waals surface area contributed by atoms with Crippen LogP contribution in [0.3, 0.4) is 0 Å². The fourth-order valence-electron chi connectivity index (χ4n) is 10.2. The average Bonchev–Trinajstić information content (AvgIpc) is 3.75. The van der Waals surface area contributed by atoms with E-state index in [4.69, 9.17) is 0 Å². The maximum Gasteiger partial charge on any atom is 0.0713 e. The summed E-state index contributed by atoms with van der Waals surface area (Å²) < 4.78 is 0. The van der Waals surface area contributed by atoms with E-state index in [1.165, 1.54) is 78.0 Å². The third-order valence-corrected chi connectivity index (χ3v) is 12.8. The van der Waals surface area contributed by atoms with Crippen LogP contribution in [0.15, 0.2) is 231 Å². The van der Waals surface area contributed by atoms with Crippen LogP contribution in [0.25, 0.3) is 33.4 Å². The Morgan fingerprint density at radius 3 is 1.47 bits per heavy atom. The summed E-state index contributed by atoms with van der Waals surface area (Å²) in [5, 5.41) is 0. The van der Waals surface area contributed by atoms with Crippen LogP contribution in [-0.2, 0) is 10.8 Å². The van der Waals surface area contributed by atoms with E-state index in [1.54, 1.807) is 0 Å². The summed E-state index contributed by atoms with van der Waals surface area (Å²) in [4.78, 5) is 2.44. The molecule has 0 saturated carbocycles. The van der Waals surface area contributed by atoms with Crippen LogP contribution in [0.5, 0.6) is 0 Å². The number of rotatable bonds is 7. The van der Waals surface area contributed by atoms with Gasteiger partial charge in [-0.15, -0.1) is 0 Å². The van der Waals surface area contributed by atoms with Crippen molar-refractivity contribution in [3.63, 3.8) is 0 Å². The highest BCUT2D eigenvalue weighted by Gasteiger charge is 2.46. The van der Waals surface area contributed by atoms with Gasteiger partial charge in [-0.05, 0) is 110 Å². The third kappa shape index (κ3) is 4.96. The second-order valence-electron chi connectivity index (χ2n) is 15.7. The summed E-state index contributed by atoms with van der Waals surface area (Å²) in [5.74, 6) is 0. The molecule has 0 fully saturated rings. The number of nitrogens with zero attached hydrogens (tertiary/aromatic N) is 1. The van der Waals surface area contributed by atoms with Gasteiger partial charge in [0.15, 0.2) is 0 Å². The normalized spacial score (nSPS) is 15.5. The fraction of sp³-hybridized carbons (Fsp3) is 0.0526. The Bertz CT molecular complexity index is 2890. The molecule has 1 unspecified atom stereocenters. The first-order valence-corrected chi connectivity index (χ1v) is 20.3. The first-order chi connectivity index (χ1) is 28.7. The lowest BCUT2D eigenvalue weighted by molar-refractivity contribution is 0.714. The molecule has 0 heterocycles. The molecule has 0 aliphatic heterocycles. The predicted molar refractivity (Wildman–Crippen MR) is 241 cm³/mol. The molecule has 0 amide bonds. The fourth-order valence-corrected chi connectivity index (χ4v) is 10.2. The minimum Gasteiger partial charge on any atom is -0.310 e. The highest BCUT2D eigenvalue weighted by atomic mass is 15.1. The maximum absolute atomic E-state index is 2.45. The largest absolute Gasteiger partial charge is 0.310 e. The third-order valence-electron chi connectivity index (χ3n) is 12.8. The van der Waals surface area contributed by atoms with Crippen molar-refractivity contribution in [2.24, 2.45) is 0 Å². The molecule has 11 rings (SSSR count). The van der Waals surface area contributed by atoms with Crippen molar-refractivity contribution < 1.29 is 0 Å². The van der Waals surface area contributed by atoms with Gasteiger partial charge in [0.2, 0.25) is 0 Å². The number of anilines is 3. The molecule has 2 aliphatic carbocycles. The zero-order chi connectivity index (χ0) is 38.7. The van der Waals surface area contributed by atoms with Gasteiger partial charge in [0, 0.05) is 22.4 Å². The minimum atomic E-state index is -0.438. The second-order valence-corrected chi connectivity index (χ2v) is 15.7. The summed E-state index contributed by atoms with van der Waals surface area (Å²) in [7, 11) is 0. The molecule has 9 aromatic carbocycles. The number of benzene rings is 9. The summed E-state index contributed by atoms with van der Waals surface area (Å²) >= 11 is 0. The van der Waals surface area contributed by atoms with Crippen LogP contribution in [0.1, 0.15) is 45.9 Å². The van der Waals surface area contributed by atoms with E-state index in [0.29, 0.717) is 0 Å². The Balaban J connectivity index is 1.06. The predicted octanol–water partition coefficient (Wildman–Crippen LogP) is 14.5. The lowest BCUT2D eigenvalue weighted by Gasteiger charge is -2.34. The Hall–Kier alpha value is -7.22.